The third-order valence-electron chi connectivity index (χ3n) is 11.3. The van der Waals surface area contributed by atoms with E-state index in [1.54, 1.807) is 0 Å². The number of aliphatic imine (C=N–C) groups is 2. The van der Waals surface area contributed by atoms with Gasteiger partial charge in [0.25, 0.3) is 0 Å². The SMILES string of the molecule is CC(C)(C)c1cc2c(c(C(C)(C)C)c1)Oc1c(c(C(C)(C)C)c([O-])c([O-])c1C(C)(C)C)O2.CC(C=Nc1c(C(C)C)cccc1C(C)C)=Nc1c(C(C)C)cccc1C(C)C.[Ni+2]. The van der Waals surface area contributed by atoms with Crippen molar-refractivity contribution in [2.45, 2.75) is 191 Å². The molecular weight excluding hydrogens is 811 g/mol. The van der Waals surface area contributed by atoms with Crippen LogP contribution in [0.25, 0.3) is 0 Å². The minimum atomic E-state index is -0.579. The van der Waals surface area contributed by atoms with Gasteiger partial charge in [0.15, 0.2) is 23.0 Å². The number of nitrogens with zero attached hydrogens (tertiary/aromatic N) is 2. The average molecular weight is 888 g/mol. The fraction of sp³-hybridized carbons (Fsp3) is 0.527. The molecule has 4 aromatic rings. The third-order valence-corrected chi connectivity index (χ3v) is 11.3. The number of para-hydroxylation sites is 2. The van der Waals surface area contributed by atoms with Crippen molar-refractivity contribution in [1.82, 2.24) is 0 Å². The second-order valence-corrected chi connectivity index (χ2v) is 22.3. The van der Waals surface area contributed by atoms with Gasteiger partial charge in [-0.25, -0.2) is 0 Å². The first-order valence-corrected chi connectivity index (χ1v) is 22.4. The zero-order valence-electron chi connectivity index (χ0n) is 41.8. The second kappa shape index (κ2) is 19.3. The molecule has 0 atom stereocenters. The number of fused-ring (bicyclic) bond motifs is 2. The summed E-state index contributed by atoms with van der Waals surface area (Å²) in [5.41, 5.74) is 9.78. The van der Waals surface area contributed by atoms with Crippen LogP contribution in [0.2, 0.25) is 0 Å². The van der Waals surface area contributed by atoms with Gasteiger partial charge in [0.2, 0.25) is 0 Å². The Balaban J connectivity index is 0.000000327. The normalized spacial score (nSPS) is 13.5. The largest absolute Gasteiger partial charge is 2.00 e. The molecule has 1 aliphatic heterocycles. The number of benzene rings is 4. The van der Waals surface area contributed by atoms with E-state index in [1.165, 1.54) is 22.3 Å². The van der Waals surface area contributed by atoms with Gasteiger partial charge in [0, 0.05) is 11.8 Å². The minimum absolute atomic E-state index is 0. The molecule has 0 aromatic heterocycles. The van der Waals surface area contributed by atoms with E-state index < -0.39 is 22.3 Å². The average Bonchev–Trinajstić information content (AvgIpc) is 3.11. The predicted molar refractivity (Wildman–Crippen MR) is 257 cm³/mol. The number of ether oxygens (including phenoxy) is 2. The van der Waals surface area contributed by atoms with E-state index in [-0.39, 0.29) is 27.3 Å². The Hall–Kier alpha value is -4.09. The minimum Gasteiger partial charge on any atom is -0.873 e. The maximum atomic E-state index is 13.3. The first-order chi connectivity index (χ1) is 27.9. The summed E-state index contributed by atoms with van der Waals surface area (Å²) in [4.78, 5) is 9.97. The van der Waals surface area contributed by atoms with Crippen molar-refractivity contribution in [3.05, 3.63) is 93.0 Å². The van der Waals surface area contributed by atoms with Crippen molar-refractivity contribution in [3.63, 3.8) is 0 Å². The monoisotopic (exact) mass is 887 g/mol. The van der Waals surface area contributed by atoms with E-state index in [9.17, 15) is 10.2 Å². The van der Waals surface area contributed by atoms with Crippen LogP contribution in [0.3, 0.4) is 0 Å². The standard InChI is InChI=1S/C28H40O4.C27H38N2.Ni/c1-25(2,3)15-13-16(26(4,5)6)22-17(14-15)31-23-18(27(7,8)9)20(29)21(30)19(24(23)32-22)28(10,11)12;1-17(2)22-12-10-13-23(18(3)4)26(22)28-16-21(9)29-27-24(19(5)6)14-11-15-25(27)20(7)8;/h13-14,29-30H,1-12H3;10-20H,1-9H3;/q;;+2/p-2. The quantitative estimate of drug-likeness (QED) is 0.120. The van der Waals surface area contributed by atoms with Crippen molar-refractivity contribution in [3.8, 4) is 34.5 Å². The maximum absolute atomic E-state index is 13.3. The van der Waals surface area contributed by atoms with Crippen molar-refractivity contribution in [1.29, 1.82) is 0 Å². The first-order valence-electron chi connectivity index (χ1n) is 22.4. The summed E-state index contributed by atoms with van der Waals surface area (Å²) < 4.78 is 13.1. The van der Waals surface area contributed by atoms with E-state index in [0.29, 0.717) is 57.8 Å². The van der Waals surface area contributed by atoms with Gasteiger partial charge in [-0.3, -0.25) is 9.98 Å². The van der Waals surface area contributed by atoms with E-state index in [0.717, 1.165) is 28.2 Å². The smallest absolute Gasteiger partial charge is 0.873 e. The summed E-state index contributed by atoms with van der Waals surface area (Å²) in [7, 11) is 0. The molecule has 1 aliphatic rings. The van der Waals surface area contributed by atoms with Crippen LogP contribution in [0.5, 0.6) is 34.5 Å². The van der Waals surface area contributed by atoms with Crippen LogP contribution < -0.4 is 19.7 Å². The molecule has 0 amide bonds. The maximum Gasteiger partial charge on any atom is 2.00 e. The van der Waals surface area contributed by atoms with Crippen LogP contribution in [0, 0.1) is 0 Å². The van der Waals surface area contributed by atoms with Crippen molar-refractivity contribution in [2.24, 2.45) is 9.98 Å². The molecule has 0 N–H and O–H groups in total. The molecule has 0 saturated carbocycles. The topological polar surface area (TPSA) is 89.3 Å². The van der Waals surface area contributed by atoms with Gasteiger partial charge in [-0.2, -0.15) is 0 Å². The summed E-state index contributed by atoms with van der Waals surface area (Å²) >= 11 is 0. The molecule has 6 nitrogen and oxygen atoms in total. The van der Waals surface area contributed by atoms with Gasteiger partial charge in [-0.05, 0) is 97.3 Å². The van der Waals surface area contributed by atoms with Gasteiger partial charge >= 0.3 is 16.5 Å². The third kappa shape index (κ3) is 11.5. The molecule has 4 aromatic carbocycles. The summed E-state index contributed by atoms with van der Waals surface area (Å²) in [6.45, 7) is 44.3. The number of rotatable bonds is 7. The molecule has 0 aliphatic carbocycles. The molecule has 0 fully saturated rings. The molecule has 1 heterocycles. The van der Waals surface area contributed by atoms with E-state index >= 15 is 0 Å². The molecule has 7 heteroatoms. The van der Waals surface area contributed by atoms with Crippen LogP contribution in [0.1, 0.15) is 214 Å². The first kappa shape index (κ1) is 52.3. The van der Waals surface area contributed by atoms with Crippen LogP contribution >= 0.6 is 0 Å². The Labute approximate surface area is 386 Å². The number of hydrogen-bond acceptors (Lipinski definition) is 6. The van der Waals surface area contributed by atoms with Crippen molar-refractivity contribution in [2.75, 3.05) is 0 Å². The van der Waals surface area contributed by atoms with Crippen LogP contribution in [-0.4, -0.2) is 11.9 Å². The molecule has 62 heavy (non-hydrogen) atoms. The summed E-state index contributed by atoms with van der Waals surface area (Å²) in [5.74, 6) is 2.73. The molecular formula is C55H76N2NiO4. The van der Waals surface area contributed by atoms with E-state index in [2.05, 4.69) is 146 Å². The Bertz CT molecular complexity index is 2230. The fourth-order valence-electron chi connectivity index (χ4n) is 7.87. The molecule has 0 bridgehead atoms. The van der Waals surface area contributed by atoms with Crippen LogP contribution in [0.4, 0.5) is 11.4 Å². The molecule has 0 radical (unpaired) electrons. The fourth-order valence-corrected chi connectivity index (χ4v) is 7.87. The number of hydrogen-bond donors (Lipinski definition) is 0. The van der Waals surface area contributed by atoms with Gasteiger partial charge in [-0.1, -0.05) is 181 Å². The van der Waals surface area contributed by atoms with Gasteiger partial charge < -0.3 is 19.7 Å². The molecule has 0 spiro atoms. The molecule has 340 valence electrons. The van der Waals surface area contributed by atoms with Crippen molar-refractivity contribution >= 4 is 23.3 Å². The zero-order chi connectivity index (χ0) is 46.3. The van der Waals surface area contributed by atoms with Gasteiger partial charge in [-0.15, -0.1) is 11.5 Å². The van der Waals surface area contributed by atoms with Gasteiger partial charge in [0.05, 0.1) is 17.1 Å². The van der Waals surface area contributed by atoms with Crippen molar-refractivity contribution < 1.29 is 36.2 Å². The summed E-state index contributed by atoms with van der Waals surface area (Å²) in [6.07, 6.45) is 1.94. The molecule has 0 unspecified atom stereocenters. The summed E-state index contributed by atoms with van der Waals surface area (Å²) in [6, 6.07) is 17.3. The van der Waals surface area contributed by atoms with Crippen LogP contribution in [-0.2, 0) is 38.2 Å². The summed E-state index contributed by atoms with van der Waals surface area (Å²) in [5, 5.41) is 26.6. The van der Waals surface area contributed by atoms with E-state index in [1.807, 2.05) is 53.8 Å². The zero-order valence-corrected chi connectivity index (χ0v) is 42.8. The molecule has 0 saturated heterocycles. The van der Waals surface area contributed by atoms with Crippen LogP contribution in [0.15, 0.2) is 58.5 Å². The second-order valence-electron chi connectivity index (χ2n) is 22.3. The Kier molecular flexibility index (Phi) is 16.3. The van der Waals surface area contributed by atoms with Gasteiger partial charge in [0.1, 0.15) is 0 Å². The Morgan fingerprint density at radius 1 is 0.532 bits per heavy atom. The van der Waals surface area contributed by atoms with E-state index in [4.69, 9.17) is 19.5 Å². The Morgan fingerprint density at radius 2 is 0.919 bits per heavy atom. The predicted octanol–water partition coefficient (Wildman–Crippen LogP) is 15.6. The molecule has 5 rings (SSSR count). The Morgan fingerprint density at radius 3 is 1.27 bits per heavy atom.